The lowest BCUT2D eigenvalue weighted by Gasteiger charge is -2.08. The minimum Gasteiger partial charge on any atom is -0.399 e. The number of hydrogen-bond acceptors (Lipinski definition) is 3. The normalized spacial score (nSPS) is 10.3. The molecule has 3 N–H and O–H groups in total. The first-order chi connectivity index (χ1) is 8.63. The highest BCUT2D eigenvalue weighted by Crippen LogP contribution is 2.18. The summed E-state index contributed by atoms with van der Waals surface area (Å²) < 4.78 is 0. The standard InChI is InChI=1S/C14H22N2OS/c1-3-4-8-18-9-7-14(17)16-13-6-5-12(15)10-11(13)2/h5-6,10H,3-4,7-9,15H2,1-2H3,(H,16,17). The van der Waals surface area contributed by atoms with E-state index in [-0.39, 0.29) is 5.91 Å². The van der Waals surface area contributed by atoms with Crippen LogP contribution >= 0.6 is 11.8 Å². The summed E-state index contributed by atoms with van der Waals surface area (Å²) in [6, 6.07) is 5.52. The number of rotatable bonds is 7. The quantitative estimate of drug-likeness (QED) is 0.587. The second-order valence-corrected chi connectivity index (χ2v) is 5.56. The highest BCUT2D eigenvalue weighted by Gasteiger charge is 2.04. The molecule has 18 heavy (non-hydrogen) atoms. The van der Waals surface area contributed by atoms with Gasteiger partial charge in [-0.3, -0.25) is 4.79 Å². The molecule has 0 heterocycles. The number of nitrogen functional groups attached to an aromatic ring is 1. The van der Waals surface area contributed by atoms with Crippen molar-refractivity contribution in [3.63, 3.8) is 0 Å². The van der Waals surface area contributed by atoms with Gasteiger partial charge in [0.15, 0.2) is 0 Å². The molecule has 0 aliphatic heterocycles. The van der Waals surface area contributed by atoms with Gasteiger partial charge < -0.3 is 11.1 Å². The van der Waals surface area contributed by atoms with Gasteiger partial charge in [0, 0.05) is 23.5 Å². The lowest BCUT2D eigenvalue weighted by atomic mass is 10.2. The number of anilines is 2. The first-order valence-corrected chi connectivity index (χ1v) is 7.52. The number of nitrogens with two attached hydrogens (primary N) is 1. The van der Waals surface area contributed by atoms with E-state index in [4.69, 9.17) is 5.73 Å². The number of aryl methyl sites for hydroxylation is 1. The first kappa shape index (κ1) is 14.9. The SMILES string of the molecule is CCCCSCCC(=O)Nc1ccc(N)cc1C. The average molecular weight is 266 g/mol. The molecule has 0 atom stereocenters. The van der Waals surface area contributed by atoms with Gasteiger partial charge in [-0.2, -0.15) is 11.8 Å². The van der Waals surface area contributed by atoms with Gasteiger partial charge in [-0.15, -0.1) is 0 Å². The lowest BCUT2D eigenvalue weighted by Crippen LogP contribution is -2.13. The van der Waals surface area contributed by atoms with Gasteiger partial charge >= 0.3 is 0 Å². The molecule has 0 aliphatic rings. The number of thioether (sulfide) groups is 1. The van der Waals surface area contributed by atoms with Crippen molar-refractivity contribution in [3.8, 4) is 0 Å². The molecule has 0 aromatic heterocycles. The molecule has 1 aromatic rings. The highest BCUT2D eigenvalue weighted by molar-refractivity contribution is 7.99. The maximum Gasteiger partial charge on any atom is 0.225 e. The fourth-order valence-corrected chi connectivity index (χ4v) is 2.58. The summed E-state index contributed by atoms with van der Waals surface area (Å²) in [4.78, 5) is 11.7. The summed E-state index contributed by atoms with van der Waals surface area (Å²) in [7, 11) is 0. The summed E-state index contributed by atoms with van der Waals surface area (Å²) >= 11 is 1.84. The highest BCUT2D eigenvalue weighted by atomic mass is 32.2. The van der Waals surface area contributed by atoms with E-state index < -0.39 is 0 Å². The Labute approximate surface area is 114 Å². The van der Waals surface area contributed by atoms with Crippen LogP contribution in [0, 0.1) is 6.92 Å². The molecule has 4 heteroatoms. The van der Waals surface area contributed by atoms with E-state index in [1.807, 2.05) is 30.8 Å². The fraction of sp³-hybridized carbons (Fsp3) is 0.500. The van der Waals surface area contributed by atoms with Crippen molar-refractivity contribution >= 4 is 29.0 Å². The Morgan fingerprint density at radius 3 is 2.83 bits per heavy atom. The lowest BCUT2D eigenvalue weighted by molar-refractivity contribution is -0.115. The van der Waals surface area contributed by atoms with Gasteiger partial charge in [-0.05, 0) is 42.9 Å². The number of unbranched alkanes of at least 4 members (excludes halogenated alkanes) is 1. The Morgan fingerprint density at radius 2 is 2.17 bits per heavy atom. The molecule has 0 spiro atoms. The van der Waals surface area contributed by atoms with Crippen LogP contribution in [0.25, 0.3) is 0 Å². The summed E-state index contributed by atoms with van der Waals surface area (Å²) in [5, 5.41) is 2.92. The Hall–Kier alpha value is -1.16. The molecule has 3 nitrogen and oxygen atoms in total. The van der Waals surface area contributed by atoms with Crippen LogP contribution in [0.1, 0.15) is 31.7 Å². The molecule has 100 valence electrons. The van der Waals surface area contributed by atoms with Gasteiger partial charge in [0.2, 0.25) is 5.91 Å². The summed E-state index contributed by atoms with van der Waals surface area (Å²) in [6.45, 7) is 4.12. The van der Waals surface area contributed by atoms with Gasteiger partial charge in [0.1, 0.15) is 0 Å². The van der Waals surface area contributed by atoms with Crippen molar-refractivity contribution in [1.82, 2.24) is 0 Å². The maximum absolute atomic E-state index is 11.7. The van der Waals surface area contributed by atoms with E-state index in [0.717, 1.165) is 28.4 Å². The zero-order chi connectivity index (χ0) is 13.4. The first-order valence-electron chi connectivity index (χ1n) is 6.37. The monoisotopic (exact) mass is 266 g/mol. The fourth-order valence-electron chi connectivity index (χ4n) is 1.55. The number of hydrogen-bond donors (Lipinski definition) is 2. The summed E-state index contributed by atoms with van der Waals surface area (Å²) in [5.41, 5.74) is 8.25. The predicted molar refractivity (Wildman–Crippen MR) is 81.1 cm³/mol. The Bertz CT molecular complexity index is 393. The third-order valence-corrected chi connectivity index (χ3v) is 3.71. The van der Waals surface area contributed by atoms with Gasteiger partial charge in [-0.25, -0.2) is 0 Å². The van der Waals surface area contributed by atoms with E-state index >= 15 is 0 Å². The van der Waals surface area contributed by atoms with E-state index in [2.05, 4.69) is 12.2 Å². The van der Waals surface area contributed by atoms with Crippen LogP contribution in [0.3, 0.4) is 0 Å². The van der Waals surface area contributed by atoms with Crippen LogP contribution in [0.2, 0.25) is 0 Å². The van der Waals surface area contributed by atoms with Gasteiger partial charge in [-0.1, -0.05) is 13.3 Å². The minimum atomic E-state index is 0.0758. The average Bonchev–Trinajstić information content (AvgIpc) is 2.32. The Kier molecular flexibility index (Phi) is 6.65. The molecule has 0 radical (unpaired) electrons. The van der Waals surface area contributed by atoms with E-state index in [0.29, 0.717) is 6.42 Å². The predicted octanol–water partition coefficient (Wildman–Crippen LogP) is 3.44. The molecule has 0 fully saturated rings. The van der Waals surface area contributed by atoms with Crippen LogP contribution < -0.4 is 11.1 Å². The van der Waals surface area contributed by atoms with Crippen molar-refractivity contribution in [2.24, 2.45) is 0 Å². The van der Waals surface area contributed by atoms with E-state index in [1.165, 1.54) is 12.8 Å². The van der Waals surface area contributed by atoms with Gasteiger partial charge in [0.25, 0.3) is 0 Å². The van der Waals surface area contributed by atoms with Crippen molar-refractivity contribution in [3.05, 3.63) is 23.8 Å². The van der Waals surface area contributed by atoms with Crippen LogP contribution in [0.5, 0.6) is 0 Å². The maximum atomic E-state index is 11.7. The van der Waals surface area contributed by atoms with Crippen molar-refractivity contribution in [2.75, 3.05) is 22.6 Å². The number of nitrogens with one attached hydrogen (secondary N) is 1. The second-order valence-electron chi connectivity index (χ2n) is 4.34. The van der Waals surface area contributed by atoms with Crippen LogP contribution in [-0.2, 0) is 4.79 Å². The summed E-state index contributed by atoms with van der Waals surface area (Å²) in [6.07, 6.45) is 3.01. The van der Waals surface area contributed by atoms with Crippen LogP contribution in [0.4, 0.5) is 11.4 Å². The number of amides is 1. The molecule has 0 saturated heterocycles. The minimum absolute atomic E-state index is 0.0758. The topological polar surface area (TPSA) is 55.1 Å². The molecular formula is C14H22N2OS. The molecule has 1 aromatic carbocycles. The summed E-state index contributed by atoms with van der Waals surface area (Å²) in [5.74, 6) is 2.11. The smallest absolute Gasteiger partial charge is 0.225 e. The molecule has 0 unspecified atom stereocenters. The molecule has 0 aliphatic carbocycles. The zero-order valence-corrected chi connectivity index (χ0v) is 12.0. The third-order valence-electron chi connectivity index (χ3n) is 2.64. The number of benzene rings is 1. The molecule has 1 amide bonds. The number of carbonyl (C=O) groups is 1. The molecule has 0 saturated carbocycles. The Balaban J connectivity index is 2.31. The van der Waals surface area contributed by atoms with Crippen LogP contribution in [-0.4, -0.2) is 17.4 Å². The largest absolute Gasteiger partial charge is 0.399 e. The molecule has 1 rings (SSSR count). The zero-order valence-electron chi connectivity index (χ0n) is 11.2. The Morgan fingerprint density at radius 1 is 1.39 bits per heavy atom. The molecular weight excluding hydrogens is 244 g/mol. The number of carbonyl (C=O) groups excluding carboxylic acids is 1. The second kappa shape index (κ2) is 8.03. The van der Waals surface area contributed by atoms with Crippen molar-refractivity contribution in [1.29, 1.82) is 0 Å². The van der Waals surface area contributed by atoms with Crippen molar-refractivity contribution in [2.45, 2.75) is 33.1 Å². The van der Waals surface area contributed by atoms with Crippen molar-refractivity contribution < 1.29 is 4.79 Å². The van der Waals surface area contributed by atoms with E-state index in [9.17, 15) is 4.79 Å². The third kappa shape index (κ3) is 5.45. The molecule has 0 bridgehead atoms. The van der Waals surface area contributed by atoms with Gasteiger partial charge in [0.05, 0.1) is 0 Å². The van der Waals surface area contributed by atoms with E-state index in [1.54, 1.807) is 6.07 Å². The van der Waals surface area contributed by atoms with Crippen LogP contribution in [0.15, 0.2) is 18.2 Å².